The average molecular weight is 473 g/mol. The number of methoxy groups -OCH3 is 1. The summed E-state index contributed by atoms with van der Waals surface area (Å²) < 4.78 is 6.00. The molecule has 0 bridgehead atoms. The smallest absolute Gasteiger partial charge is 0.323 e. The zero-order valence-electron chi connectivity index (χ0n) is 16.8. The molecule has 1 atom stereocenters. The van der Waals surface area contributed by atoms with Crippen LogP contribution in [0.4, 0.5) is 5.69 Å². The Morgan fingerprint density at radius 2 is 1.90 bits per heavy atom. The van der Waals surface area contributed by atoms with Gasteiger partial charge in [0.2, 0.25) is 5.91 Å². The quantitative estimate of drug-likeness (QED) is 0.519. The zero-order chi connectivity index (χ0) is 21.1. The summed E-state index contributed by atoms with van der Waals surface area (Å²) in [5, 5.41) is 2.99. The number of nitrogens with one attached hydrogen (secondary N) is 3. The van der Waals surface area contributed by atoms with E-state index in [1.807, 2.05) is 12.1 Å². The Morgan fingerprint density at radius 3 is 2.63 bits per heavy atom. The maximum atomic E-state index is 12.9. The maximum Gasteiger partial charge on any atom is 0.323 e. The number of H-pyrrole nitrogens is 2. The molecule has 0 radical (unpaired) electrons. The first-order valence-corrected chi connectivity index (χ1v) is 10.9. The third kappa shape index (κ3) is 4.60. The number of rotatable bonds is 5. The van der Waals surface area contributed by atoms with Crippen molar-refractivity contribution in [3.8, 4) is 5.75 Å². The van der Waals surface area contributed by atoms with Crippen molar-refractivity contribution in [1.29, 1.82) is 0 Å². The summed E-state index contributed by atoms with van der Waals surface area (Å²) in [7, 11) is 1.66. The van der Waals surface area contributed by atoms with Crippen molar-refractivity contribution < 1.29 is 9.53 Å². The van der Waals surface area contributed by atoms with Crippen molar-refractivity contribution in [2.75, 3.05) is 25.5 Å². The van der Waals surface area contributed by atoms with E-state index in [0.717, 1.165) is 36.0 Å². The number of hydrogen-bond donors (Lipinski definition) is 3. The van der Waals surface area contributed by atoms with Crippen LogP contribution in [0, 0.1) is 0 Å². The standard InChI is InChI=1S/C22H25BrN4O3/c1-30-15-8-6-14(7-9-15)20-5-3-2-4-10-27(20)13-21(28)24-17-12-19-18(11-16(17)23)25-22(29)26-19/h6-9,11-12,20H,2-5,10,13H2,1H3,(H,24,28)(H2,25,26,29)/t20-/m0/s1. The van der Waals surface area contributed by atoms with Crippen molar-refractivity contribution in [3.63, 3.8) is 0 Å². The highest BCUT2D eigenvalue weighted by atomic mass is 79.9. The van der Waals surface area contributed by atoms with Gasteiger partial charge in [-0.2, -0.15) is 0 Å². The number of carbonyl (C=O) groups excluding carboxylic acids is 1. The molecule has 1 aliphatic heterocycles. The predicted molar refractivity (Wildman–Crippen MR) is 121 cm³/mol. The van der Waals surface area contributed by atoms with Crippen LogP contribution in [0.1, 0.15) is 37.3 Å². The second-order valence-corrected chi connectivity index (χ2v) is 8.47. The first-order chi connectivity index (χ1) is 14.5. The molecule has 30 heavy (non-hydrogen) atoms. The van der Waals surface area contributed by atoms with E-state index in [1.54, 1.807) is 19.2 Å². The number of anilines is 1. The fraction of sp³-hybridized carbons (Fsp3) is 0.364. The van der Waals surface area contributed by atoms with Gasteiger partial charge in [0, 0.05) is 10.5 Å². The fourth-order valence-corrected chi connectivity index (χ4v) is 4.53. The molecule has 4 rings (SSSR count). The van der Waals surface area contributed by atoms with Gasteiger partial charge in [-0.05, 0) is 65.1 Å². The zero-order valence-corrected chi connectivity index (χ0v) is 18.4. The molecule has 1 saturated heterocycles. The Morgan fingerprint density at radius 1 is 1.17 bits per heavy atom. The number of carbonyl (C=O) groups is 1. The summed E-state index contributed by atoms with van der Waals surface area (Å²) in [4.78, 5) is 32.1. The average Bonchev–Trinajstić information content (AvgIpc) is 2.93. The number of likely N-dealkylation sites (tertiary alicyclic amines) is 1. The van der Waals surface area contributed by atoms with E-state index in [9.17, 15) is 9.59 Å². The van der Waals surface area contributed by atoms with E-state index < -0.39 is 0 Å². The van der Waals surface area contributed by atoms with Crippen LogP contribution >= 0.6 is 15.9 Å². The highest BCUT2D eigenvalue weighted by Gasteiger charge is 2.25. The Hall–Kier alpha value is -2.58. The molecule has 158 valence electrons. The molecule has 0 saturated carbocycles. The van der Waals surface area contributed by atoms with Crippen molar-refractivity contribution in [2.24, 2.45) is 0 Å². The second kappa shape index (κ2) is 9.06. The second-order valence-electron chi connectivity index (χ2n) is 7.61. The van der Waals surface area contributed by atoms with Crippen LogP contribution in [-0.4, -0.2) is 41.0 Å². The maximum absolute atomic E-state index is 12.9. The summed E-state index contributed by atoms with van der Waals surface area (Å²) in [5.41, 5.74) is 2.92. The van der Waals surface area contributed by atoms with Crippen LogP contribution < -0.4 is 15.7 Å². The molecule has 7 nitrogen and oxygen atoms in total. The number of hydrogen-bond acceptors (Lipinski definition) is 4. The van der Waals surface area contributed by atoms with Crippen LogP contribution in [0.25, 0.3) is 11.0 Å². The van der Waals surface area contributed by atoms with E-state index in [2.05, 4.69) is 48.2 Å². The van der Waals surface area contributed by atoms with Gasteiger partial charge < -0.3 is 20.0 Å². The normalized spacial score (nSPS) is 17.6. The number of halogens is 1. The van der Waals surface area contributed by atoms with E-state index in [1.165, 1.54) is 12.0 Å². The number of imidazole rings is 1. The van der Waals surface area contributed by atoms with Crippen LogP contribution in [-0.2, 0) is 4.79 Å². The number of aromatic nitrogens is 2. The molecule has 1 fully saturated rings. The van der Waals surface area contributed by atoms with Gasteiger partial charge in [-0.1, -0.05) is 25.0 Å². The van der Waals surface area contributed by atoms with E-state index in [-0.39, 0.29) is 17.6 Å². The van der Waals surface area contributed by atoms with Crippen LogP contribution in [0.5, 0.6) is 5.75 Å². The van der Waals surface area contributed by atoms with Gasteiger partial charge in [0.05, 0.1) is 30.4 Å². The Kier molecular flexibility index (Phi) is 6.24. The summed E-state index contributed by atoms with van der Waals surface area (Å²) >= 11 is 3.48. The number of benzene rings is 2. The topological polar surface area (TPSA) is 90.2 Å². The van der Waals surface area contributed by atoms with E-state index >= 15 is 0 Å². The first kappa shape index (κ1) is 20.7. The molecule has 1 aliphatic rings. The molecule has 2 aromatic carbocycles. The Bertz CT molecular complexity index is 1090. The molecule has 1 amide bonds. The van der Waals surface area contributed by atoms with Gasteiger partial charge in [0.1, 0.15) is 5.75 Å². The van der Waals surface area contributed by atoms with Crippen LogP contribution in [0.15, 0.2) is 45.7 Å². The summed E-state index contributed by atoms with van der Waals surface area (Å²) in [6.07, 6.45) is 4.44. The Labute approximate surface area is 182 Å². The number of aromatic amines is 2. The highest BCUT2D eigenvalue weighted by Crippen LogP contribution is 2.31. The monoisotopic (exact) mass is 472 g/mol. The van der Waals surface area contributed by atoms with Crippen molar-refractivity contribution in [3.05, 3.63) is 56.9 Å². The third-order valence-electron chi connectivity index (χ3n) is 5.59. The minimum absolute atomic E-state index is 0.0756. The molecule has 3 aromatic rings. The molecule has 0 aliphatic carbocycles. The largest absolute Gasteiger partial charge is 0.497 e. The lowest BCUT2D eigenvalue weighted by Crippen LogP contribution is -2.36. The van der Waals surface area contributed by atoms with Crippen LogP contribution in [0.2, 0.25) is 0 Å². The molecular formula is C22H25BrN4O3. The summed E-state index contributed by atoms with van der Waals surface area (Å²) in [6, 6.07) is 11.9. The van der Waals surface area contributed by atoms with Gasteiger partial charge in [-0.25, -0.2) is 4.79 Å². The molecule has 8 heteroatoms. The number of ether oxygens (including phenoxy) is 1. The van der Waals surface area contributed by atoms with Gasteiger partial charge in [-0.15, -0.1) is 0 Å². The minimum Gasteiger partial charge on any atom is -0.497 e. The van der Waals surface area contributed by atoms with Gasteiger partial charge in [0.25, 0.3) is 0 Å². The van der Waals surface area contributed by atoms with E-state index in [0.29, 0.717) is 23.3 Å². The molecule has 2 heterocycles. The van der Waals surface area contributed by atoms with Crippen LogP contribution in [0.3, 0.4) is 0 Å². The number of nitrogens with zero attached hydrogens (tertiary/aromatic N) is 1. The van der Waals surface area contributed by atoms with Gasteiger partial charge >= 0.3 is 5.69 Å². The SMILES string of the molecule is COc1ccc([C@@H]2CCCCCN2CC(=O)Nc2cc3[nH]c(=O)[nH]c3cc2Br)cc1. The lowest BCUT2D eigenvalue weighted by molar-refractivity contribution is -0.117. The Balaban J connectivity index is 1.50. The lowest BCUT2D eigenvalue weighted by atomic mass is 10.0. The summed E-state index contributed by atoms with van der Waals surface area (Å²) in [6.45, 7) is 1.19. The molecule has 0 spiro atoms. The molecule has 3 N–H and O–H groups in total. The fourth-order valence-electron chi connectivity index (χ4n) is 4.09. The number of fused-ring (bicyclic) bond motifs is 1. The van der Waals surface area contributed by atoms with Gasteiger partial charge in [-0.3, -0.25) is 9.69 Å². The highest BCUT2D eigenvalue weighted by molar-refractivity contribution is 9.10. The molecular weight excluding hydrogens is 448 g/mol. The number of amides is 1. The van der Waals surface area contributed by atoms with Crippen molar-refractivity contribution in [2.45, 2.75) is 31.7 Å². The summed E-state index contributed by atoms with van der Waals surface area (Å²) in [5.74, 6) is 0.757. The minimum atomic E-state index is -0.271. The third-order valence-corrected chi connectivity index (χ3v) is 6.24. The molecule has 0 unspecified atom stereocenters. The van der Waals surface area contributed by atoms with Gasteiger partial charge in [0.15, 0.2) is 0 Å². The van der Waals surface area contributed by atoms with Crippen molar-refractivity contribution in [1.82, 2.24) is 14.9 Å². The van der Waals surface area contributed by atoms with E-state index in [4.69, 9.17) is 4.74 Å². The molecule has 1 aromatic heterocycles. The first-order valence-electron chi connectivity index (χ1n) is 10.1. The van der Waals surface area contributed by atoms with Crippen molar-refractivity contribution >= 4 is 38.6 Å². The predicted octanol–water partition coefficient (Wildman–Crippen LogP) is 4.18. The lowest BCUT2D eigenvalue weighted by Gasteiger charge is -2.30.